The van der Waals surface area contributed by atoms with Gasteiger partial charge in [0.1, 0.15) is 5.82 Å². The normalized spacial score (nSPS) is 13.2. The summed E-state index contributed by atoms with van der Waals surface area (Å²) >= 11 is 0. The zero-order valence-corrected chi connectivity index (χ0v) is 15.0. The van der Waals surface area contributed by atoms with E-state index in [1.807, 2.05) is 13.0 Å². The van der Waals surface area contributed by atoms with Crippen molar-refractivity contribution in [3.05, 3.63) is 47.7 Å². The Labute approximate surface area is 148 Å². The molecule has 0 fully saturated rings. The number of hydrogen-bond acceptors (Lipinski definition) is 6. The van der Waals surface area contributed by atoms with Crippen LogP contribution in [0.5, 0.6) is 11.5 Å². The molecule has 0 unspecified atom stereocenters. The number of rotatable bonds is 6. The first-order valence-electron chi connectivity index (χ1n) is 8.33. The average molecular weight is 340 g/mol. The fourth-order valence-electron chi connectivity index (χ4n) is 3.04. The number of methoxy groups -OCH3 is 2. The Hall–Kier alpha value is -2.76. The van der Waals surface area contributed by atoms with Gasteiger partial charge in [-0.25, -0.2) is 4.98 Å². The van der Waals surface area contributed by atoms with E-state index in [9.17, 15) is 0 Å². The summed E-state index contributed by atoms with van der Waals surface area (Å²) in [6, 6.07) is 6.16. The number of hydrogen-bond donors (Lipinski definition) is 1. The number of anilines is 2. The largest absolute Gasteiger partial charge is 0.493 e. The van der Waals surface area contributed by atoms with E-state index in [0.717, 1.165) is 42.5 Å². The summed E-state index contributed by atoms with van der Waals surface area (Å²) in [4.78, 5) is 11.3. The number of fused-ring (bicyclic) bond motifs is 1. The quantitative estimate of drug-likeness (QED) is 0.816. The van der Waals surface area contributed by atoms with Crippen LogP contribution in [0, 0.1) is 6.92 Å². The Balaban J connectivity index is 1.87. The van der Waals surface area contributed by atoms with Crippen LogP contribution in [0.15, 0.2) is 30.9 Å². The molecule has 0 atom stereocenters. The van der Waals surface area contributed by atoms with Crippen LogP contribution in [0.1, 0.15) is 16.8 Å². The van der Waals surface area contributed by atoms with E-state index in [0.29, 0.717) is 12.5 Å². The van der Waals surface area contributed by atoms with Crippen molar-refractivity contribution in [3.8, 4) is 11.5 Å². The summed E-state index contributed by atoms with van der Waals surface area (Å²) in [5.74, 6) is 3.10. The predicted octanol–water partition coefficient (Wildman–Crippen LogP) is 2.96. The SMILES string of the molecule is C=CCNc1nc(C)cc(N2CCc3cc(OC)c(OC)cc3C2)n1. The summed E-state index contributed by atoms with van der Waals surface area (Å²) in [7, 11) is 3.33. The Bertz CT molecular complexity index is 776. The molecule has 0 bridgehead atoms. The molecule has 2 heterocycles. The van der Waals surface area contributed by atoms with Gasteiger partial charge in [0.05, 0.1) is 14.2 Å². The zero-order valence-electron chi connectivity index (χ0n) is 15.0. The van der Waals surface area contributed by atoms with Crippen molar-refractivity contribution in [3.63, 3.8) is 0 Å². The molecule has 1 aliphatic heterocycles. The van der Waals surface area contributed by atoms with Crippen molar-refractivity contribution in [1.29, 1.82) is 0 Å². The van der Waals surface area contributed by atoms with Crippen LogP contribution in [0.2, 0.25) is 0 Å². The fraction of sp³-hybridized carbons (Fsp3) is 0.368. The number of benzene rings is 1. The second kappa shape index (κ2) is 7.42. The number of nitrogens with one attached hydrogen (secondary N) is 1. The van der Waals surface area contributed by atoms with E-state index in [4.69, 9.17) is 9.47 Å². The molecule has 0 saturated heterocycles. The monoisotopic (exact) mass is 340 g/mol. The Morgan fingerprint density at radius 3 is 2.56 bits per heavy atom. The molecule has 0 saturated carbocycles. The molecular weight excluding hydrogens is 316 g/mol. The Morgan fingerprint density at radius 1 is 1.16 bits per heavy atom. The molecule has 0 amide bonds. The molecule has 6 heteroatoms. The molecule has 0 spiro atoms. The molecule has 2 aromatic rings. The standard InChI is InChI=1S/C19H24N4O2/c1-5-7-20-19-21-13(2)9-18(22-19)23-8-6-14-10-16(24-3)17(25-4)11-15(14)12-23/h5,9-11H,1,6-8,12H2,2-4H3,(H,20,21,22). The first kappa shape index (κ1) is 17.1. The maximum absolute atomic E-state index is 5.44. The van der Waals surface area contributed by atoms with Gasteiger partial charge in [0.2, 0.25) is 5.95 Å². The van der Waals surface area contributed by atoms with Crippen molar-refractivity contribution in [1.82, 2.24) is 9.97 Å². The zero-order chi connectivity index (χ0) is 17.8. The number of ether oxygens (including phenoxy) is 2. The van der Waals surface area contributed by atoms with Crippen LogP contribution in [0.25, 0.3) is 0 Å². The smallest absolute Gasteiger partial charge is 0.225 e. The van der Waals surface area contributed by atoms with E-state index in [1.165, 1.54) is 11.1 Å². The van der Waals surface area contributed by atoms with Gasteiger partial charge in [-0.2, -0.15) is 4.98 Å². The first-order valence-corrected chi connectivity index (χ1v) is 8.33. The highest BCUT2D eigenvalue weighted by Gasteiger charge is 2.21. The predicted molar refractivity (Wildman–Crippen MR) is 99.8 cm³/mol. The molecule has 0 radical (unpaired) electrons. The molecule has 132 valence electrons. The highest BCUT2D eigenvalue weighted by Crippen LogP contribution is 2.34. The summed E-state index contributed by atoms with van der Waals surface area (Å²) in [5, 5.41) is 3.16. The van der Waals surface area contributed by atoms with Gasteiger partial charge in [0.15, 0.2) is 11.5 Å². The van der Waals surface area contributed by atoms with Gasteiger partial charge >= 0.3 is 0 Å². The van der Waals surface area contributed by atoms with Gasteiger partial charge in [-0.15, -0.1) is 6.58 Å². The van der Waals surface area contributed by atoms with Crippen LogP contribution in [0.3, 0.4) is 0 Å². The van der Waals surface area contributed by atoms with Crippen LogP contribution < -0.4 is 19.7 Å². The Kier molecular flexibility index (Phi) is 5.07. The van der Waals surface area contributed by atoms with Crippen molar-refractivity contribution in [2.45, 2.75) is 19.9 Å². The van der Waals surface area contributed by atoms with E-state index in [1.54, 1.807) is 20.3 Å². The Morgan fingerprint density at radius 2 is 1.88 bits per heavy atom. The third-order valence-corrected chi connectivity index (χ3v) is 4.29. The molecule has 1 aromatic heterocycles. The van der Waals surface area contributed by atoms with Crippen molar-refractivity contribution >= 4 is 11.8 Å². The van der Waals surface area contributed by atoms with Gasteiger partial charge in [-0.3, -0.25) is 0 Å². The number of aryl methyl sites for hydroxylation is 1. The summed E-state index contributed by atoms with van der Waals surface area (Å²) in [5.41, 5.74) is 3.47. The van der Waals surface area contributed by atoms with Gasteiger partial charge in [0.25, 0.3) is 0 Å². The number of aromatic nitrogens is 2. The third-order valence-electron chi connectivity index (χ3n) is 4.29. The molecule has 3 rings (SSSR count). The van der Waals surface area contributed by atoms with Gasteiger partial charge in [-0.05, 0) is 36.6 Å². The van der Waals surface area contributed by atoms with Crippen molar-refractivity contribution < 1.29 is 9.47 Å². The highest BCUT2D eigenvalue weighted by molar-refractivity contribution is 5.53. The minimum Gasteiger partial charge on any atom is -0.493 e. The summed E-state index contributed by atoms with van der Waals surface area (Å²) in [6.45, 7) is 8.03. The van der Waals surface area contributed by atoms with Crippen LogP contribution in [-0.2, 0) is 13.0 Å². The molecule has 0 aliphatic carbocycles. The molecular formula is C19H24N4O2. The fourth-order valence-corrected chi connectivity index (χ4v) is 3.04. The van der Waals surface area contributed by atoms with Gasteiger partial charge in [-0.1, -0.05) is 6.08 Å². The molecule has 1 N–H and O–H groups in total. The minimum atomic E-state index is 0.632. The highest BCUT2D eigenvalue weighted by atomic mass is 16.5. The third kappa shape index (κ3) is 3.68. The first-order chi connectivity index (χ1) is 12.1. The summed E-state index contributed by atoms with van der Waals surface area (Å²) in [6.07, 6.45) is 2.73. The van der Waals surface area contributed by atoms with E-state index >= 15 is 0 Å². The molecule has 1 aliphatic rings. The van der Waals surface area contributed by atoms with Crippen molar-refractivity contribution in [2.75, 3.05) is 37.5 Å². The maximum Gasteiger partial charge on any atom is 0.225 e. The van der Waals surface area contributed by atoms with E-state index in [-0.39, 0.29) is 0 Å². The maximum atomic E-state index is 5.44. The number of nitrogens with zero attached hydrogens (tertiary/aromatic N) is 3. The lowest BCUT2D eigenvalue weighted by Crippen LogP contribution is -2.31. The lowest BCUT2D eigenvalue weighted by molar-refractivity contribution is 0.353. The topological polar surface area (TPSA) is 59.5 Å². The van der Waals surface area contributed by atoms with Gasteiger partial charge in [0, 0.05) is 31.4 Å². The van der Waals surface area contributed by atoms with Crippen LogP contribution in [-0.4, -0.2) is 37.3 Å². The summed E-state index contributed by atoms with van der Waals surface area (Å²) < 4.78 is 10.8. The van der Waals surface area contributed by atoms with E-state index in [2.05, 4.69) is 38.9 Å². The van der Waals surface area contributed by atoms with E-state index < -0.39 is 0 Å². The second-order valence-corrected chi connectivity index (χ2v) is 6.01. The molecule has 6 nitrogen and oxygen atoms in total. The molecule has 1 aromatic carbocycles. The molecule has 25 heavy (non-hydrogen) atoms. The second-order valence-electron chi connectivity index (χ2n) is 6.01. The minimum absolute atomic E-state index is 0.632. The van der Waals surface area contributed by atoms with Crippen LogP contribution >= 0.6 is 0 Å². The average Bonchev–Trinajstić information content (AvgIpc) is 2.64. The lowest BCUT2D eigenvalue weighted by atomic mass is 9.99. The lowest BCUT2D eigenvalue weighted by Gasteiger charge is -2.30. The van der Waals surface area contributed by atoms with Gasteiger partial charge < -0.3 is 19.7 Å². The van der Waals surface area contributed by atoms with Crippen LogP contribution in [0.4, 0.5) is 11.8 Å². The van der Waals surface area contributed by atoms with Crippen molar-refractivity contribution in [2.24, 2.45) is 0 Å².